The van der Waals surface area contributed by atoms with Gasteiger partial charge in [-0.3, -0.25) is 9.59 Å². The summed E-state index contributed by atoms with van der Waals surface area (Å²) in [7, 11) is 0. The molecule has 3 atom stereocenters. The number of amides is 1. The second-order valence-corrected chi connectivity index (χ2v) is 6.42. The van der Waals surface area contributed by atoms with Crippen molar-refractivity contribution in [3.63, 3.8) is 0 Å². The van der Waals surface area contributed by atoms with Crippen LogP contribution in [0.2, 0.25) is 0 Å². The van der Waals surface area contributed by atoms with E-state index in [1.54, 1.807) is 0 Å². The molecule has 1 unspecified atom stereocenters. The molecule has 1 aliphatic heterocycles. The molecule has 3 aliphatic rings. The molecule has 1 saturated heterocycles. The zero-order chi connectivity index (χ0) is 13.5. The van der Waals surface area contributed by atoms with Gasteiger partial charge in [0.05, 0.1) is 5.92 Å². The van der Waals surface area contributed by atoms with E-state index in [9.17, 15) is 9.59 Å². The molecule has 2 saturated carbocycles. The Hall–Kier alpha value is -1.10. The largest absolute Gasteiger partial charge is 0.481 e. The third kappa shape index (κ3) is 2.48. The Bertz CT molecular complexity index is 390. The topological polar surface area (TPSA) is 78.4 Å². The molecular weight excluding hydrogens is 244 g/mol. The molecule has 1 heterocycles. The number of carbonyl (C=O) groups excluding carboxylic acids is 1. The van der Waals surface area contributed by atoms with Crippen molar-refractivity contribution in [2.45, 2.75) is 44.6 Å². The van der Waals surface area contributed by atoms with Crippen LogP contribution in [0.3, 0.4) is 0 Å². The van der Waals surface area contributed by atoms with Crippen molar-refractivity contribution >= 4 is 11.9 Å². The minimum atomic E-state index is -0.724. The molecule has 0 aromatic rings. The smallest absolute Gasteiger partial charge is 0.306 e. The van der Waals surface area contributed by atoms with E-state index in [-0.39, 0.29) is 29.2 Å². The summed E-state index contributed by atoms with van der Waals surface area (Å²) < 4.78 is 0. The van der Waals surface area contributed by atoms with Crippen LogP contribution in [0.15, 0.2) is 0 Å². The maximum absolute atomic E-state index is 12.2. The van der Waals surface area contributed by atoms with E-state index >= 15 is 0 Å². The zero-order valence-corrected chi connectivity index (χ0v) is 11.2. The maximum Gasteiger partial charge on any atom is 0.306 e. The van der Waals surface area contributed by atoms with Gasteiger partial charge >= 0.3 is 5.97 Å². The SMILES string of the molecule is O=C(N[C@H]1CC[C@@H](C(=O)O)C1)C1CC12CCNCC2. The van der Waals surface area contributed by atoms with Crippen LogP contribution in [0.5, 0.6) is 0 Å². The molecular formula is C14H22N2O3. The minimum absolute atomic E-state index is 0.0768. The normalized spacial score (nSPS) is 36.1. The molecule has 3 rings (SSSR count). The average Bonchev–Trinajstić information content (AvgIpc) is 2.86. The number of hydrogen-bond donors (Lipinski definition) is 3. The van der Waals surface area contributed by atoms with Crippen LogP contribution >= 0.6 is 0 Å². The van der Waals surface area contributed by atoms with Crippen molar-refractivity contribution in [1.29, 1.82) is 0 Å². The molecule has 0 aromatic carbocycles. The van der Waals surface area contributed by atoms with Gasteiger partial charge in [-0.15, -0.1) is 0 Å². The molecule has 5 heteroatoms. The Kier molecular flexibility index (Phi) is 3.25. The standard InChI is InChI=1S/C14H22N2O3/c17-12(11-8-14(11)3-5-15-6-4-14)16-10-2-1-9(7-10)13(18)19/h9-11,15H,1-8H2,(H,16,17)(H,18,19)/t9-,10+,11?/m1/s1. The van der Waals surface area contributed by atoms with Gasteiger partial charge in [-0.1, -0.05) is 0 Å². The monoisotopic (exact) mass is 266 g/mol. The number of nitrogens with one attached hydrogen (secondary N) is 2. The van der Waals surface area contributed by atoms with Gasteiger partial charge in [0.1, 0.15) is 0 Å². The van der Waals surface area contributed by atoms with Gasteiger partial charge in [0.25, 0.3) is 0 Å². The van der Waals surface area contributed by atoms with E-state index in [1.165, 1.54) is 0 Å². The molecule has 1 amide bonds. The van der Waals surface area contributed by atoms with Crippen LogP contribution in [0, 0.1) is 17.3 Å². The van der Waals surface area contributed by atoms with Crippen molar-refractivity contribution in [2.75, 3.05) is 13.1 Å². The van der Waals surface area contributed by atoms with Gasteiger partial charge in [0.15, 0.2) is 0 Å². The van der Waals surface area contributed by atoms with Crippen molar-refractivity contribution < 1.29 is 14.7 Å². The number of carboxylic acids is 1. The van der Waals surface area contributed by atoms with Crippen LogP contribution in [0.4, 0.5) is 0 Å². The summed E-state index contributed by atoms with van der Waals surface area (Å²) in [4.78, 5) is 23.1. The van der Waals surface area contributed by atoms with Crippen LogP contribution in [0.1, 0.15) is 38.5 Å². The van der Waals surface area contributed by atoms with Crippen LogP contribution in [-0.4, -0.2) is 36.1 Å². The molecule has 2 aliphatic carbocycles. The summed E-state index contributed by atoms with van der Waals surface area (Å²) in [6.07, 6.45) is 5.34. The van der Waals surface area contributed by atoms with Gasteiger partial charge in [-0.05, 0) is 57.0 Å². The van der Waals surface area contributed by atoms with E-state index in [0.717, 1.165) is 38.8 Å². The number of carbonyl (C=O) groups is 2. The lowest BCUT2D eigenvalue weighted by Crippen LogP contribution is -2.37. The lowest BCUT2D eigenvalue weighted by atomic mass is 9.91. The van der Waals surface area contributed by atoms with Crippen molar-refractivity contribution in [2.24, 2.45) is 17.3 Å². The fourth-order valence-electron chi connectivity index (χ4n) is 3.83. The molecule has 0 aromatic heterocycles. The highest BCUT2D eigenvalue weighted by atomic mass is 16.4. The first-order chi connectivity index (χ1) is 9.11. The molecule has 1 spiro atoms. The third-order valence-electron chi connectivity index (χ3n) is 5.23. The molecule has 5 nitrogen and oxygen atoms in total. The Balaban J connectivity index is 1.49. The third-order valence-corrected chi connectivity index (χ3v) is 5.23. The van der Waals surface area contributed by atoms with Gasteiger partial charge in [-0.25, -0.2) is 0 Å². The molecule has 19 heavy (non-hydrogen) atoms. The fraction of sp³-hybridized carbons (Fsp3) is 0.857. The summed E-state index contributed by atoms with van der Waals surface area (Å²) in [5, 5.41) is 15.4. The van der Waals surface area contributed by atoms with E-state index in [4.69, 9.17) is 5.11 Å². The Labute approximate surface area is 113 Å². The van der Waals surface area contributed by atoms with Crippen LogP contribution < -0.4 is 10.6 Å². The molecule has 0 radical (unpaired) electrons. The Morgan fingerprint density at radius 1 is 1.21 bits per heavy atom. The number of rotatable bonds is 3. The zero-order valence-electron chi connectivity index (χ0n) is 11.2. The Morgan fingerprint density at radius 2 is 1.95 bits per heavy atom. The van der Waals surface area contributed by atoms with Crippen LogP contribution in [-0.2, 0) is 9.59 Å². The van der Waals surface area contributed by atoms with E-state index in [0.29, 0.717) is 12.8 Å². The highest BCUT2D eigenvalue weighted by Gasteiger charge is 2.57. The second-order valence-electron chi connectivity index (χ2n) is 6.42. The fourth-order valence-corrected chi connectivity index (χ4v) is 3.83. The lowest BCUT2D eigenvalue weighted by molar-refractivity contribution is -0.141. The first-order valence-electron chi connectivity index (χ1n) is 7.35. The predicted octanol–water partition coefficient (Wildman–Crippen LogP) is 0.746. The molecule has 3 N–H and O–H groups in total. The first kappa shape index (κ1) is 12.9. The number of aliphatic carboxylic acids is 1. The summed E-state index contributed by atoms with van der Waals surface area (Å²) in [5.41, 5.74) is 0.264. The van der Waals surface area contributed by atoms with Crippen molar-refractivity contribution in [3.8, 4) is 0 Å². The quantitative estimate of drug-likeness (QED) is 0.704. The van der Waals surface area contributed by atoms with Gasteiger partial charge < -0.3 is 15.7 Å². The highest BCUT2D eigenvalue weighted by Crippen LogP contribution is 2.58. The van der Waals surface area contributed by atoms with E-state index in [2.05, 4.69) is 10.6 Å². The summed E-state index contributed by atoms with van der Waals surface area (Å²) >= 11 is 0. The maximum atomic E-state index is 12.2. The number of piperidine rings is 1. The second kappa shape index (κ2) is 4.78. The number of carboxylic acid groups (broad SMARTS) is 1. The van der Waals surface area contributed by atoms with E-state index in [1.807, 2.05) is 0 Å². The summed E-state index contributed by atoms with van der Waals surface area (Å²) in [5.74, 6) is -0.647. The van der Waals surface area contributed by atoms with Gasteiger partial charge in [-0.2, -0.15) is 0 Å². The highest BCUT2D eigenvalue weighted by molar-refractivity contribution is 5.83. The minimum Gasteiger partial charge on any atom is -0.481 e. The molecule has 0 bridgehead atoms. The average molecular weight is 266 g/mol. The lowest BCUT2D eigenvalue weighted by Gasteiger charge is -2.23. The van der Waals surface area contributed by atoms with Crippen molar-refractivity contribution in [1.82, 2.24) is 10.6 Å². The predicted molar refractivity (Wildman–Crippen MR) is 69.6 cm³/mol. The Morgan fingerprint density at radius 3 is 2.58 bits per heavy atom. The van der Waals surface area contributed by atoms with Crippen molar-refractivity contribution in [3.05, 3.63) is 0 Å². The van der Waals surface area contributed by atoms with Crippen LogP contribution in [0.25, 0.3) is 0 Å². The number of hydrogen-bond acceptors (Lipinski definition) is 3. The van der Waals surface area contributed by atoms with Gasteiger partial charge in [0, 0.05) is 12.0 Å². The molecule has 106 valence electrons. The van der Waals surface area contributed by atoms with E-state index < -0.39 is 5.97 Å². The summed E-state index contributed by atoms with van der Waals surface area (Å²) in [6.45, 7) is 2.04. The van der Waals surface area contributed by atoms with Gasteiger partial charge in [0.2, 0.25) is 5.91 Å². The summed E-state index contributed by atoms with van der Waals surface area (Å²) in [6, 6.07) is 0.0768. The first-order valence-corrected chi connectivity index (χ1v) is 7.35. The molecule has 3 fully saturated rings.